The standard InChI is InChI=1S/C29H33N3O3/c1-21-19-32(20-22(2)35-21)28-13-11-27(12-14-28)31-17-15-30(16-18-31)26-9-7-24(8-10-26)23-3-5-25(6-4-23)29(33)34/h3-14,21-22H,15-20H2,1-2H3,(H,33,34)/t21-,22+. The molecule has 0 radical (unpaired) electrons. The van der Waals surface area contributed by atoms with Crippen LogP contribution in [-0.2, 0) is 4.74 Å². The van der Waals surface area contributed by atoms with E-state index in [9.17, 15) is 4.79 Å². The zero-order chi connectivity index (χ0) is 24.4. The molecule has 2 fully saturated rings. The van der Waals surface area contributed by atoms with Gasteiger partial charge in [-0.15, -0.1) is 0 Å². The Labute approximate surface area is 207 Å². The Morgan fingerprint density at radius 2 is 1.03 bits per heavy atom. The zero-order valence-electron chi connectivity index (χ0n) is 20.4. The third-order valence-electron chi connectivity index (χ3n) is 6.98. The average Bonchev–Trinajstić information content (AvgIpc) is 2.88. The summed E-state index contributed by atoms with van der Waals surface area (Å²) in [4.78, 5) is 18.4. The van der Waals surface area contributed by atoms with Crippen molar-refractivity contribution in [2.75, 3.05) is 54.0 Å². The lowest BCUT2D eigenvalue weighted by atomic mass is 10.0. The third-order valence-corrected chi connectivity index (χ3v) is 6.98. The molecule has 0 aromatic heterocycles. The van der Waals surface area contributed by atoms with E-state index in [4.69, 9.17) is 9.84 Å². The molecule has 3 aromatic rings. The highest BCUT2D eigenvalue weighted by molar-refractivity contribution is 5.88. The van der Waals surface area contributed by atoms with Crippen molar-refractivity contribution in [3.63, 3.8) is 0 Å². The molecular weight excluding hydrogens is 438 g/mol. The molecule has 0 saturated carbocycles. The maximum Gasteiger partial charge on any atom is 0.335 e. The van der Waals surface area contributed by atoms with Crippen molar-refractivity contribution < 1.29 is 14.6 Å². The van der Waals surface area contributed by atoms with Crippen LogP contribution in [-0.4, -0.2) is 62.6 Å². The average molecular weight is 472 g/mol. The number of carbonyl (C=O) groups is 1. The summed E-state index contributed by atoms with van der Waals surface area (Å²) in [6, 6.07) is 24.6. The van der Waals surface area contributed by atoms with Gasteiger partial charge in [0, 0.05) is 56.3 Å². The summed E-state index contributed by atoms with van der Waals surface area (Å²) in [7, 11) is 0. The number of piperazine rings is 1. The van der Waals surface area contributed by atoms with Gasteiger partial charge in [-0.05, 0) is 73.5 Å². The highest BCUT2D eigenvalue weighted by Gasteiger charge is 2.23. The number of carboxylic acid groups (broad SMARTS) is 1. The molecule has 0 bridgehead atoms. The minimum absolute atomic E-state index is 0.262. The molecule has 2 saturated heterocycles. The van der Waals surface area contributed by atoms with Crippen LogP contribution >= 0.6 is 0 Å². The maximum atomic E-state index is 11.1. The van der Waals surface area contributed by atoms with Gasteiger partial charge in [-0.1, -0.05) is 24.3 Å². The maximum absolute atomic E-state index is 11.1. The van der Waals surface area contributed by atoms with Gasteiger partial charge in [0.1, 0.15) is 0 Å². The molecule has 6 nitrogen and oxygen atoms in total. The van der Waals surface area contributed by atoms with Crippen molar-refractivity contribution in [1.82, 2.24) is 0 Å². The normalized spacial score (nSPS) is 20.7. The molecule has 2 aliphatic heterocycles. The number of carboxylic acids is 1. The van der Waals surface area contributed by atoms with Gasteiger partial charge in [-0.2, -0.15) is 0 Å². The Kier molecular flexibility index (Phi) is 6.64. The second-order valence-corrected chi connectivity index (χ2v) is 9.58. The second kappa shape index (κ2) is 10.0. The van der Waals surface area contributed by atoms with E-state index in [-0.39, 0.29) is 12.2 Å². The predicted molar refractivity (Wildman–Crippen MR) is 142 cm³/mol. The molecule has 6 heteroatoms. The van der Waals surface area contributed by atoms with Crippen LogP contribution in [0.2, 0.25) is 0 Å². The van der Waals surface area contributed by atoms with E-state index in [2.05, 4.69) is 77.1 Å². The highest BCUT2D eigenvalue weighted by atomic mass is 16.5. The molecule has 0 aliphatic carbocycles. The van der Waals surface area contributed by atoms with Gasteiger partial charge in [0.05, 0.1) is 17.8 Å². The van der Waals surface area contributed by atoms with Crippen LogP contribution in [0.3, 0.4) is 0 Å². The molecule has 35 heavy (non-hydrogen) atoms. The molecule has 182 valence electrons. The lowest BCUT2D eigenvalue weighted by molar-refractivity contribution is -0.00522. The number of morpholine rings is 1. The van der Waals surface area contributed by atoms with Crippen molar-refractivity contribution in [2.24, 2.45) is 0 Å². The summed E-state index contributed by atoms with van der Waals surface area (Å²) in [6.45, 7) is 10.1. The van der Waals surface area contributed by atoms with Gasteiger partial charge in [0.25, 0.3) is 0 Å². The van der Waals surface area contributed by atoms with Crippen LogP contribution in [0.4, 0.5) is 17.1 Å². The highest BCUT2D eigenvalue weighted by Crippen LogP contribution is 2.27. The summed E-state index contributed by atoms with van der Waals surface area (Å²) < 4.78 is 5.87. The van der Waals surface area contributed by atoms with E-state index in [1.807, 2.05) is 12.1 Å². The summed E-state index contributed by atoms with van der Waals surface area (Å²) in [5.41, 5.74) is 6.20. The fraction of sp³-hybridized carbons (Fsp3) is 0.345. The van der Waals surface area contributed by atoms with Gasteiger partial charge < -0.3 is 24.5 Å². The van der Waals surface area contributed by atoms with Crippen LogP contribution in [0.15, 0.2) is 72.8 Å². The lowest BCUT2D eigenvalue weighted by Crippen LogP contribution is -2.46. The van der Waals surface area contributed by atoms with E-state index >= 15 is 0 Å². The Balaban J connectivity index is 1.18. The van der Waals surface area contributed by atoms with Crippen LogP contribution < -0.4 is 14.7 Å². The van der Waals surface area contributed by atoms with Gasteiger partial charge in [0.15, 0.2) is 0 Å². The molecule has 3 aromatic carbocycles. The van der Waals surface area contributed by atoms with E-state index in [0.29, 0.717) is 5.56 Å². The fourth-order valence-electron chi connectivity index (χ4n) is 5.16. The number of nitrogens with zero attached hydrogens (tertiary/aromatic N) is 3. The number of hydrogen-bond acceptors (Lipinski definition) is 5. The summed E-state index contributed by atoms with van der Waals surface area (Å²) >= 11 is 0. The van der Waals surface area contributed by atoms with Crippen molar-refractivity contribution >= 4 is 23.0 Å². The van der Waals surface area contributed by atoms with E-state index in [1.165, 1.54) is 17.1 Å². The molecule has 0 amide bonds. The number of benzene rings is 3. The number of rotatable bonds is 5. The SMILES string of the molecule is C[C@@H]1CN(c2ccc(N3CCN(c4ccc(-c5ccc(C(=O)O)cc5)cc4)CC3)cc2)C[C@H](C)O1. The smallest absolute Gasteiger partial charge is 0.335 e. The largest absolute Gasteiger partial charge is 0.478 e. The van der Waals surface area contributed by atoms with E-state index < -0.39 is 5.97 Å². The molecular formula is C29H33N3O3. The van der Waals surface area contributed by atoms with Gasteiger partial charge in [-0.25, -0.2) is 4.79 Å². The van der Waals surface area contributed by atoms with E-state index in [1.54, 1.807) is 12.1 Å². The van der Waals surface area contributed by atoms with Crippen LogP contribution in [0.5, 0.6) is 0 Å². The minimum atomic E-state index is -0.900. The first kappa shape index (κ1) is 23.2. The lowest BCUT2D eigenvalue weighted by Gasteiger charge is -2.38. The predicted octanol–water partition coefficient (Wildman–Crippen LogP) is 4.99. The van der Waals surface area contributed by atoms with Crippen LogP contribution in [0, 0.1) is 0 Å². The number of anilines is 3. The van der Waals surface area contributed by atoms with Crippen molar-refractivity contribution in [3.05, 3.63) is 78.4 Å². The second-order valence-electron chi connectivity index (χ2n) is 9.58. The van der Waals surface area contributed by atoms with Gasteiger partial charge in [-0.3, -0.25) is 0 Å². The quantitative estimate of drug-likeness (QED) is 0.566. The number of aromatic carboxylic acids is 1. The van der Waals surface area contributed by atoms with Crippen molar-refractivity contribution in [3.8, 4) is 11.1 Å². The molecule has 2 aliphatic rings. The summed E-state index contributed by atoms with van der Waals surface area (Å²) in [6.07, 6.45) is 0.524. The first-order valence-corrected chi connectivity index (χ1v) is 12.4. The van der Waals surface area contributed by atoms with Crippen molar-refractivity contribution in [1.29, 1.82) is 0 Å². The number of hydrogen-bond donors (Lipinski definition) is 1. The molecule has 5 rings (SSSR count). The molecule has 0 unspecified atom stereocenters. The molecule has 2 atom stereocenters. The van der Waals surface area contributed by atoms with E-state index in [0.717, 1.165) is 50.4 Å². The third kappa shape index (κ3) is 5.28. The van der Waals surface area contributed by atoms with Gasteiger partial charge in [0.2, 0.25) is 0 Å². The monoisotopic (exact) mass is 471 g/mol. The summed E-state index contributed by atoms with van der Waals surface area (Å²) in [5.74, 6) is -0.900. The van der Waals surface area contributed by atoms with Crippen molar-refractivity contribution in [2.45, 2.75) is 26.1 Å². The topological polar surface area (TPSA) is 56.2 Å². The number of ether oxygens (including phenoxy) is 1. The minimum Gasteiger partial charge on any atom is -0.478 e. The van der Waals surface area contributed by atoms with Crippen LogP contribution in [0.1, 0.15) is 24.2 Å². The Hall–Kier alpha value is -3.51. The zero-order valence-corrected chi connectivity index (χ0v) is 20.4. The van der Waals surface area contributed by atoms with Crippen LogP contribution in [0.25, 0.3) is 11.1 Å². The summed E-state index contributed by atoms with van der Waals surface area (Å²) in [5, 5.41) is 9.09. The first-order chi connectivity index (χ1) is 17.0. The Bertz CT molecular complexity index is 1130. The van der Waals surface area contributed by atoms with Gasteiger partial charge >= 0.3 is 5.97 Å². The Morgan fingerprint density at radius 3 is 1.46 bits per heavy atom. The fourth-order valence-corrected chi connectivity index (χ4v) is 5.16. The molecule has 0 spiro atoms. The molecule has 1 N–H and O–H groups in total. The molecule has 2 heterocycles. The Morgan fingerprint density at radius 1 is 0.657 bits per heavy atom. The first-order valence-electron chi connectivity index (χ1n) is 12.4.